The van der Waals surface area contributed by atoms with Crippen LogP contribution >= 0.6 is 0 Å². The molecule has 0 radical (unpaired) electrons. The van der Waals surface area contributed by atoms with Crippen LogP contribution in [0.4, 0.5) is 0 Å². The third kappa shape index (κ3) is 2.95. The van der Waals surface area contributed by atoms with E-state index >= 15 is 0 Å². The van der Waals surface area contributed by atoms with Crippen molar-refractivity contribution in [2.24, 2.45) is 0 Å². The van der Waals surface area contributed by atoms with E-state index in [1.807, 2.05) is 12.1 Å². The van der Waals surface area contributed by atoms with Crippen molar-refractivity contribution in [2.45, 2.75) is 12.5 Å². The van der Waals surface area contributed by atoms with E-state index in [-0.39, 0.29) is 12.2 Å². The molecule has 6 nitrogen and oxygen atoms in total. The fourth-order valence-electron chi connectivity index (χ4n) is 3.02. The van der Waals surface area contributed by atoms with Crippen LogP contribution in [0.3, 0.4) is 0 Å². The van der Waals surface area contributed by atoms with Crippen LogP contribution in [0.2, 0.25) is 0 Å². The Labute approximate surface area is 146 Å². The van der Waals surface area contributed by atoms with Crippen molar-refractivity contribution in [3.8, 4) is 28.7 Å². The Balaban J connectivity index is 2.06. The molecule has 0 saturated heterocycles. The molecule has 2 aromatic rings. The number of fused-ring (bicyclic) bond motifs is 1. The molecular weight excluding hydrogens is 324 g/mol. The molecule has 0 aliphatic carbocycles. The summed E-state index contributed by atoms with van der Waals surface area (Å²) in [5.41, 5.74) is 1.18. The van der Waals surface area contributed by atoms with E-state index in [9.17, 15) is 4.79 Å². The van der Waals surface area contributed by atoms with Crippen LogP contribution in [-0.4, -0.2) is 34.2 Å². The van der Waals surface area contributed by atoms with Crippen molar-refractivity contribution < 1.29 is 28.5 Å². The van der Waals surface area contributed by atoms with E-state index in [1.165, 1.54) is 7.11 Å². The highest BCUT2D eigenvalue weighted by Gasteiger charge is 2.33. The van der Waals surface area contributed by atoms with Gasteiger partial charge in [-0.25, -0.2) is 0 Å². The van der Waals surface area contributed by atoms with E-state index < -0.39 is 6.10 Å². The molecule has 1 atom stereocenters. The number of benzene rings is 2. The Hall–Kier alpha value is -2.89. The van der Waals surface area contributed by atoms with Gasteiger partial charge >= 0.3 is 0 Å². The van der Waals surface area contributed by atoms with Gasteiger partial charge in [0.1, 0.15) is 28.9 Å². The van der Waals surface area contributed by atoms with Crippen molar-refractivity contribution in [1.82, 2.24) is 0 Å². The van der Waals surface area contributed by atoms with E-state index in [0.717, 1.165) is 5.56 Å². The summed E-state index contributed by atoms with van der Waals surface area (Å²) >= 11 is 0. The van der Waals surface area contributed by atoms with Gasteiger partial charge in [0.15, 0.2) is 17.3 Å². The van der Waals surface area contributed by atoms with Crippen LogP contribution in [0.25, 0.3) is 0 Å². The van der Waals surface area contributed by atoms with Crippen molar-refractivity contribution >= 4 is 5.78 Å². The number of ether oxygens (including phenoxy) is 5. The number of ketones is 1. The highest BCUT2D eigenvalue weighted by molar-refractivity contribution is 6.03. The third-order valence-electron chi connectivity index (χ3n) is 4.19. The monoisotopic (exact) mass is 344 g/mol. The lowest BCUT2D eigenvalue weighted by molar-refractivity contribution is 0.0840. The lowest BCUT2D eigenvalue weighted by Gasteiger charge is -2.28. The molecular formula is C19H20O6. The first-order valence-corrected chi connectivity index (χ1v) is 7.79. The maximum absolute atomic E-state index is 12.7. The molecule has 0 spiro atoms. The number of carbonyl (C=O) groups is 1. The molecule has 6 heteroatoms. The van der Waals surface area contributed by atoms with Crippen molar-refractivity contribution in [2.75, 3.05) is 28.4 Å². The summed E-state index contributed by atoms with van der Waals surface area (Å²) in [6.45, 7) is 0. The fraction of sp³-hybridized carbons (Fsp3) is 0.316. The van der Waals surface area contributed by atoms with Gasteiger partial charge in [0.25, 0.3) is 0 Å². The number of rotatable bonds is 5. The molecule has 1 aliphatic rings. The van der Waals surface area contributed by atoms with Crippen molar-refractivity contribution in [3.05, 3.63) is 41.5 Å². The lowest BCUT2D eigenvalue weighted by Crippen LogP contribution is -2.21. The topological polar surface area (TPSA) is 63.2 Å². The summed E-state index contributed by atoms with van der Waals surface area (Å²) in [7, 11) is 6.19. The fourth-order valence-corrected chi connectivity index (χ4v) is 3.02. The van der Waals surface area contributed by atoms with Gasteiger partial charge in [-0.3, -0.25) is 4.79 Å². The van der Waals surface area contributed by atoms with Crippen LogP contribution in [0.1, 0.15) is 28.4 Å². The zero-order chi connectivity index (χ0) is 18.0. The first-order valence-electron chi connectivity index (χ1n) is 7.79. The molecule has 2 aromatic carbocycles. The number of carbonyl (C=O) groups excluding carboxylic acids is 1. The Bertz CT molecular complexity index is 799. The van der Waals surface area contributed by atoms with Crippen LogP contribution < -0.4 is 23.7 Å². The van der Waals surface area contributed by atoms with Crippen molar-refractivity contribution in [1.29, 1.82) is 0 Å². The summed E-state index contributed by atoms with van der Waals surface area (Å²) in [5, 5.41) is 0. The molecule has 1 heterocycles. The normalized spacial score (nSPS) is 15.8. The van der Waals surface area contributed by atoms with Gasteiger partial charge in [0.2, 0.25) is 0 Å². The third-order valence-corrected chi connectivity index (χ3v) is 4.19. The highest BCUT2D eigenvalue weighted by atomic mass is 16.5. The lowest BCUT2D eigenvalue weighted by atomic mass is 9.94. The zero-order valence-corrected chi connectivity index (χ0v) is 14.6. The second kappa shape index (κ2) is 6.93. The summed E-state index contributed by atoms with van der Waals surface area (Å²) < 4.78 is 27.5. The maximum atomic E-state index is 12.7. The Morgan fingerprint density at radius 3 is 2.36 bits per heavy atom. The minimum atomic E-state index is -0.484. The number of hydrogen-bond donors (Lipinski definition) is 0. The van der Waals surface area contributed by atoms with Gasteiger partial charge in [-0.1, -0.05) is 12.1 Å². The summed E-state index contributed by atoms with van der Waals surface area (Å²) in [4.78, 5) is 12.7. The van der Waals surface area contributed by atoms with E-state index in [1.54, 1.807) is 39.5 Å². The molecule has 0 amide bonds. The molecule has 25 heavy (non-hydrogen) atoms. The highest BCUT2D eigenvalue weighted by Crippen LogP contribution is 2.45. The molecule has 0 fully saturated rings. The molecule has 132 valence electrons. The molecule has 0 N–H and O–H groups in total. The molecule has 3 rings (SSSR count). The second-order valence-corrected chi connectivity index (χ2v) is 5.52. The van der Waals surface area contributed by atoms with E-state index in [0.29, 0.717) is 34.3 Å². The average Bonchev–Trinajstić information content (AvgIpc) is 2.65. The Morgan fingerprint density at radius 2 is 1.72 bits per heavy atom. The SMILES string of the molecule is COc1cc(OC)c2c(c1)OC(c1cccc(OC)c1OC)CC2=O. The Morgan fingerprint density at radius 1 is 0.960 bits per heavy atom. The predicted molar refractivity (Wildman–Crippen MR) is 91.4 cm³/mol. The smallest absolute Gasteiger partial charge is 0.174 e. The van der Waals surface area contributed by atoms with Gasteiger partial charge in [-0.05, 0) is 6.07 Å². The van der Waals surface area contributed by atoms with Gasteiger partial charge in [0.05, 0.1) is 34.9 Å². The molecule has 1 unspecified atom stereocenters. The number of para-hydroxylation sites is 1. The number of Topliss-reactive ketones (excluding diaryl/α,β-unsaturated/α-hetero) is 1. The number of methoxy groups -OCH3 is 4. The average molecular weight is 344 g/mol. The summed E-state index contributed by atoms with van der Waals surface area (Å²) in [5.74, 6) is 2.51. The van der Waals surface area contributed by atoms with Crippen LogP contribution in [0.15, 0.2) is 30.3 Å². The Kier molecular flexibility index (Phi) is 4.70. The van der Waals surface area contributed by atoms with Gasteiger partial charge in [-0.2, -0.15) is 0 Å². The summed E-state index contributed by atoms with van der Waals surface area (Å²) in [6, 6.07) is 8.86. The standard InChI is InChI=1S/C19H20O6/c1-21-11-8-16(23-3)18-13(20)10-15(25-17(18)9-11)12-6-5-7-14(22-2)19(12)24-4/h5-9,15H,10H2,1-4H3. The first kappa shape index (κ1) is 17.0. The maximum Gasteiger partial charge on any atom is 0.174 e. The molecule has 0 aromatic heterocycles. The van der Waals surface area contributed by atoms with Gasteiger partial charge < -0.3 is 23.7 Å². The van der Waals surface area contributed by atoms with E-state index in [4.69, 9.17) is 23.7 Å². The minimum Gasteiger partial charge on any atom is -0.496 e. The van der Waals surface area contributed by atoms with Crippen LogP contribution in [0.5, 0.6) is 28.7 Å². The molecule has 0 bridgehead atoms. The first-order chi connectivity index (χ1) is 12.1. The number of hydrogen-bond acceptors (Lipinski definition) is 6. The predicted octanol–water partition coefficient (Wildman–Crippen LogP) is 3.43. The molecule has 1 aliphatic heterocycles. The van der Waals surface area contributed by atoms with Gasteiger partial charge in [0, 0.05) is 17.7 Å². The van der Waals surface area contributed by atoms with Crippen molar-refractivity contribution in [3.63, 3.8) is 0 Å². The second-order valence-electron chi connectivity index (χ2n) is 5.52. The minimum absolute atomic E-state index is 0.0596. The molecule has 0 saturated carbocycles. The quantitative estimate of drug-likeness (QED) is 0.828. The summed E-state index contributed by atoms with van der Waals surface area (Å²) in [6.07, 6.45) is -0.305. The van der Waals surface area contributed by atoms with Gasteiger partial charge in [-0.15, -0.1) is 0 Å². The van der Waals surface area contributed by atoms with Crippen LogP contribution in [-0.2, 0) is 0 Å². The largest absolute Gasteiger partial charge is 0.496 e. The van der Waals surface area contributed by atoms with E-state index in [2.05, 4.69) is 0 Å². The van der Waals surface area contributed by atoms with Crippen LogP contribution in [0, 0.1) is 0 Å². The zero-order valence-electron chi connectivity index (χ0n) is 14.6.